The molecule has 3 aromatic rings. The summed E-state index contributed by atoms with van der Waals surface area (Å²) in [6.45, 7) is 3.79. The van der Waals surface area contributed by atoms with E-state index in [-0.39, 0.29) is 16.9 Å². The number of aromatic amines is 1. The number of aryl methyl sites for hydroxylation is 1. The molecule has 24 heavy (non-hydrogen) atoms. The van der Waals surface area contributed by atoms with Crippen molar-refractivity contribution in [2.24, 2.45) is 0 Å². The highest BCUT2D eigenvalue weighted by atomic mass is 32.2. The van der Waals surface area contributed by atoms with Crippen LogP contribution < -0.4 is 0 Å². The van der Waals surface area contributed by atoms with Crippen LogP contribution in [0.1, 0.15) is 22.8 Å². The molecule has 1 atom stereocenters. The second kappa shape index (κ2) is 6.97. The monoisotopic (exact) mass is 341 g/mol. The van der Waals surface area contributed by atoms with E-state index in [0.717, 1.165) is 5.56 Å². The highest BCUT2D eigenvalue weighted by Crippen LogP contribution is 2.25. The highest BCUT2D eigenvalue weighted by Gasteiger charge is 2.19. The van der Waals surface area contributed by atoms with E-state index >= 15 is 0 Å². The minimum Gasteiger partial charge on any atom is -0.293 e. The number of hydrogen-bond acceptors (Lipinski definition) is 4. The van der Waals surface area contributed by atoms with Crippen LogP contribution >= 0.6 is 11.8 Å². The molecule has 4 nitrogen and oxygen atoms in total. The average Bonchev–Trinajstić information content (AvgIpc) is 3.03. The third kappa shape index (κ3) is 3.54. The zero-order valence-electron chi connectivity index (χ0n) is 13.3. The van der Waals surface area contributed by atoms with Gasteiger partial charge in [0.25, 0.3) is 0 Å². The number of Topliss-reactive ketones (excluding diaryl/α,β-unsaturated/α-hetero) is 1. The van der Waals surface area contributed by atoms with Crippen LogP contribution in [0.4, 0.5) is 4.39 Å². The Balaban J connectivity index is 1.73. The predicted octanol–water partition coefficient (Wildman–Crippen LogP) is 4.28. The molecular weight excluding hydrogens is 325 g/mol. The van der Waals surface area contributed by atoms with Gasteiger partial charge in [0.1, 0.15) is 5.82 Å². The lowest BCUT2D eigenvalue weighted by atomic mass is 10.1. The van der Waals surface area contributed by atoms with Crippen LogP contribution in [-0.4, -0.2) is 26.2 Å². The average molecular weight is 341 g/mol. The van der Waals surface area contributed by atoms with E-state index < -0.39 is 0 Å². The van der Waals surface area contributed by atoms with Crippen LogP contribution in [0.3, 0.4) is 0 Å². The minimum atomic E-state index is -0.367. The molecule has 0 saturated heterocycles. The molecule has 0 aliphatic heterocycles. The molecule has 0 bridgehead atoms. The van der Waals surface area contributed by atoms with Gasteiger partial charge in [-0.15, -0.1) is 5.10 Å². The number of nitrogens with zero attached hydrogens (tertiary/aromatic N) is 2. The van der Waals surface area contributed by atoms with Crippen LogP contribution in [-0.2, 0) is 0 Å². The predicted molar refractivity (Wildman–Crippen MR) is 92.6 cm³/mol. The molecular formula is C18H16FN3OS. The van der Waals surface area contributed by atoms with Crippen molar-refractivity contribution >= 4 is 17.5 Å². The number of carbonyl (C=O) groups is 1. The summed E-state index contributed by atoms with van der Waals surface area (Å²) in [6, 6.07) is 13.8. The summed E-state index contributed by atoms with van der Waals surface area (Å²) in [7, 11) is 0. The SMILES string of the molecule is Cc1ccc(C(=O)[C@@H](C)Sc2n[nH]c(-c3ccccc3F)n2)cc1. The van der Waals surface area contributed by atoms with Crippen molar-refractivity contribution in [2.45, 2.75) is 24.3 Å². The largest absolute Gasteiger partial charge is 0.293 e. The van der Waals surface area contributed by atoms with Gasteiger partial charge in [-0.3, -0.25) is 9.89 Å². The lowest BCUT2D eigenvalue weighted by molar-refractivity contribution is 0.0994. The maximum absolute atomic E-state index is 13.8. The number of ketones is 1. The van der Waals surface area contributed by atoms with Gasteiger partial charge in [0, 0.05) is 5.56 Å². The molecule has 2 aromatic carbocycles. The zero-order chi connectivity index (χ0) is 17.1. The Kier molecular flexibility index (Phi) is 4.76. The van der Waals surface area contributed by atoms with Gasteiger partial charge in [-0.2, -0.15) is 0 Å². The van der Waals surface area contributed by atoms with Gasteiger partial charge in [-0.25, -0.2) is 9.37 Å². The Morgan fingerprint density at radius 3 is 2.58 bits per heavy atom. The number of nitrogens with one attached hydrogen (secondary N) is 1. The molecule has 0 amide bonds. The first-order valence-corrected chi connectivity index (χ1v) is 8.37. The fourth-order valence-corrected chi connectivity index (χ4v) is 3.04. The Hall–Kier alpha value is -2.47. The fraction of sp³-hybridized carbons (Fsp3) is 0.167. The van der Waals surface area contributed by atoms with E-state index in [0.29, 0.717) is 22.1 Å². The van der Waals surface area contributed by atoms with Gasteiger partial charge in [0.15, 0.2) is 11.6 Å². The molecule has 0 unspecified atom stereocenters. The van der Waals surface area contributed by atoms with Gasteiger partial charge in [-0.1, -0.05) is 53.7 Å². The first-order chi connectivity index (χ1) is 11.5. The van der Waals surface area contributed by atoms with E-state index in [4.69, 9.17) is 0 Å². The summed E-state index contributed by atoms with van der Waals surface area (Å²) < 4.78 is 13.8. The normalized spacial score (nSPS) is 12.1. The number of rotatable bonds is 5. The summed E-state index contributed by atoms with van der Waals surface area (Å²) in [4.78, 5) is 16.7. The van der Waals surface area contributed by atoms with Gasteiger partial charge >= 0.3 is 0 Å². The van der Waals surface area contributed by atoms with Crippen molar-refractivity contribution in [3.63, 3.8) is 0 Å². The van der Waals surface area contributed by atoms with E-state index in [9.17, 15) is 9.18 Å². The Labute approximate surface area is 143 Å². The van der Waals surface area contributed by atoms with Crippen molar-refractivity contribution in [1.29, 1.82) is 0 Å². The molecule has 1 aromatic heterocycles. The zero-order valence-corrected chi connectivity index (χ0v) is 14.1. The standard InChI is InChI=1S/C18H16FN3OS/c1-11-7-9-13(10-8-11)16(23)12(2)24-18-20-17(21-22-18)14-5-3-4-6-15(14)19/h3-10,12H,1-2H3,(H,20,21,22)/t12-/m1/s1. The number of benzene rings is 2. The summed E-state index contributed by atoms with van der Waals surface area (Å²) in [5, 5.41) is 6.87. The third-order valence-corrected chi connectivity index (χ3v) is 4.54. The van der Waals surface area contributed by atoms with E-state index in [2.05, 4.69) is 15.2 Å². The molecule has 3 rings (SSSR count). The fourth-order valence-electron chi connectivity index (χ4n) is 2.24. The topological polar surface area (TPSA) is 58.6 Å². The van der Waals surface area contributed by atoms with E-state index in [1.807, 2.05) is 38.1 Å². The van der Waals surface area contributed by atoms with Crippen LogP contribution in [0.5, 0.6) is 0 Å². The van der Waals surface area contributed by atoms with E-state index in [1.165, 1.54) is 17.8 Å². The minimum absolute atomic E-state index is 0.0113. The van der Waals surface area contributed by atoms with Gasteiger partial charge < -0.3 is 0 Å². The van der Waals surface area contributed by atoms with Crippen molar-refractivity contribution in [2.75, 3.05) is 0 Å². The number of hydrogen-bond donors (Lipinski definition) is 1. The first kappa shape index (κ1) is 16.4. The molecule has 1 heterocycles. The number of carbonyl (C=O) groups excluding carboxylic acids is 1. The molecule has 0 aliphatic rings. The number of aromatic nitrogens is 3. The van der Waals surface area contributed by atoms with Gasteiger partial charge in [0.05, 0.1) is 10.8 Å². The quantitative estimate of drug-likeness (QED) is 0.556. The molecule has 0 fully saturated rings. The number of halogens is 1. The van der Waals surface area contributed by atoms with Crippen LogP contribution in [0.25, 0.3) is 11.4 Å². The Morgan fingerprint density at radius 1 is 1.17 bits per heavy atom. The lowest BCUT2D eigenvalue weighted by Gasteiger charge is -2.07. The van der Waals surface area contributed by atoms with Crippen molar-refractivity contribution in [3.05, 3.63) is 65.5 Å². The second-order valence-corrected chi connectivity index (χ2v) is 6.74. The molecule has 0 spiro atoms. The molecule has 0 saturated carbocycles. The summed E-state index contributed by atoms with van der Waals surface area (Å²) in [6.07, 6.45) is 0. The first-order valence-electron chi connectivity index (χ1n) is 7.49. The molecule has 6 heteroatoms. The Morgan fingerprint density at radius 2 is 1.88 bits per heavy atom. The summed E-state index contributed by atoms with van der Waals surface area (Å²) >= 11 is 1.25. The van der Waals surface area contributed by atoms with Crippen molar-refractivity contribution < 1.29 is 9.18 Å². The maximum Gasteiger partial charge on any atom is 0.209 e. The van der Waals surface area contributed by atoms with Gasteiger partial charge in [0.2, 0.25) is 5.16 Å². The third-order valence-electron chi connectivity index (χ3n) is 3.58. The van der Waals surface area contributed by atoms with Crippen LogP contribution in [0.2, 0.25) is 0 Å². The van der Waals surface area contributed by atoms with Crippen molar-refractivity contribution in [3.8, 4) is 11.4 Å². The summed E-state index contributed by atoms with van der Waals surface area (Å²) in [5.74, 6) is -0.00296. The van der Waals surface area contributed by atoms with Gasteiger partial charge in [-0.05, 0) is 26.0 Å². The molecule has 0 aliphatic carbocycles. The number of H-pyrrole nitrogens is 1. The van der Waals surface area contributed by atoms with E-state index in [1.54, 1.807) is 18.2 Å². The van der Waals surface area contributed by atoms with Crippen molar-refractivity contribution in [1.82, 2.24) is 15.2 Å². The van der Waals surface area contributed by atoms with Crippen LogP contribution in [0, 0.1) is 12.7 Å². The summed E-state index contributed by atoms with van der Waals surface area (Å²) in [5.41, 5.74) is 2.12. The highest BCUT2D eigenvalue weighted by molar-refractivity contribution is 8.00. The molecule has 0 radical (unpaired) electrons. The number of thioether (sulfide) groups is 1. The lowest BCUT2D eigenvalue weighted by Crippen LogP contribution is -2.13. The molecule has 122 valence electrons. The smallest absolute Gasteiger partial charge is 0.209 e. The molecule has 1 N–H and O–H groups in total. The van der Waals surface area contributed by atoms with Crippen LogP contribution in [0.15, 0.2) is 53.7 Å². The Bertz CT molecular complexity index is 861. The maximum atomic E-state index is 13.8. The second-order valence-electron chi connectivity index (χ2n) is 5.44.